The molecule has 8 heteroatoms. The first kappa shape index (κ1) is 18.1. The van der Waals surface area contributed by atoms with Crippen LogP contribution in [0, 0.1) is 0 Å². The Morgan fingerprint density at radius 3 is 2.69 bits per heavy atom. The molecule has 0 saturated carbocycles. The van der Waals surface area contributed by atoms with Crippen molar-refractivity contribution in [3.8, 4) is 0 Å². The first-order chi connectivity index (χ1) is 12.6. The molecule has 0 fully saturated rings. The highest BCUT2D eigenvalue weighted by molar-refractivity contribution is 8.04. The van der Waals surface area contributed by atoms with Crippen LogP contribution in [0.2, 0.25) is 0 Å². The first-order valence-electron chi connectivity index (χ1n) is 8.02. The maximum Gasteiger partial charge on any atom is 0.278 e. The summed E-state index contributed by atoms with van der Waals surface area (Å²) in [6.45, 7) is 0.0755. The number of thioether (sulfide) groups is 1. The van der Waals surface area contributed by atoms with Gasteiger partial charge in [-0.2, -0.15) is 0 Å². The Bertz CT molecular complexity index is 873. The topological polar surface area (TPSA) is 110 Å². The Morgan fingerprint density at radius 2 is 1.96 bits per heavy atom. The molecule has 1 amide bonds. The Kier molecular flexibility index (Phi) is 5.65. The Balaban J connectivity index is 1.80. The lowest BCUT2D eigenvalue weighted by molar-refractivity contribution is 0.0967. The minimum atomic E-state index is -0.617. The molecule has 0 atom stereocenters. The molecule has 7 nitrogen and oxygen atoms in total. The number of aromatic nitrogens is 1. The number of allylic oxidation sites excluding steroid dienone is 2. The predicted molar refractivity (Wildman–Crippen MR) is 96.4 cm³/mol. The van der Waals surface area contributed by atoms with Crippen LogP contribution >= 0.6 is 11.8 Å². The first-order valence-corrected chi connectivity index (χ1v) is 9.01. The molecule has 0 unspecified atom stereocenters. The van der Waals surface area contributed by atoms with Crippen molar-refractivity contribution in [2.24, 2.45) is 0 Å². The van der Waals surface area contributed by atoms with Gasteiger partial charge in [0.2, 0.25) is 17.3 Å². The van der Waals surface area contributed by atoms with Gasteiger partial charge in [0.1, 0.15) is 5.56 Å². The maximum atomic E-state index is 12.7. The van der Waals surface area contributed by atoms with Gasteiger partial charge in [0.25, 0.3) is 5.91 Å². The maximum absolute atomic E-state index is 12.7. The molecule has 1 aromatic carbocycles. The lowest BCUT2D eigenvalue weighted by Crippen LogP contribution is -2.20. The zero-order chi connectivity index (χ0) is 18.5. The number of hydrogen-bond donors (Lipinski definition) is 2. The number of benzene rings is 1. The summed E-state index contributed by atoms with van der Waals surface area (Å²) in [5.41, 5.74) is 0.234. The van der Waals surface area contributed by atoms with E-state index >= 15 is 0 Å². The highest BCUT2D eigenvalue weighted by atomic mass is 32.2. The van der Waals surface area contributed by atoms with Crippen molar-refractivity contribution >= 4 is 34.9 Å². The van der Waals surface area contributed by atoms with E-state index in [-0.39, 0.29) is 28.5 Å². The van der Waals surface area contributed by atoms with Gasteiger partial charge in [0.05, 0.1) is 4.91 Å². The predicted octanol–water partition coefficient (Wildman–Crippen LogP) is 2.70. The van der Waals surface area contributed by atoms with E-state index in [4.69, 9.17) is 9.63 Å². The number of carbonyl (C=O) groups excluding carboxylic acids is 3. The van der Waals surface area contributed by atoms with Crippen LogP contribution in [0.1, 0.15) is 44.2 Å². The van der Waals surface area contributed by atoms with E-state index in [2.05, 4.69) is 10.5 Å². The zero-order valence-corrected chi connectivity index (χ0v) is 14.5. The number of fused-ring (bicyclic) bond motifs is 1. The molecule has 0 spiro atoms. The van der Waals surface area contributed by atoms with E-state index in [1.165, 1.54) is 17.8 Å². The number of aliphatic hydroxyl groups excluding tert-OH is 1. The molecule has 26 heavy (non-hydrogen) atoms. The fourth-order valence-corrected chi connectivity index (χ4v) is 3.40. The molecule has 1 aliphatic carbocycles. The van der Waals surface area contributed by atoms with Crippen molar-refractivity contribution in [3.05, 3.63) is 58.3 Å². The molecule has 2 aromatic rings. The van der Waals surface area contributed by atoms with Gasteiger partial charge in [-0.25, -0.2) is 0 Å². The van der Waals surface area contributed by atoms with Crippen LogP contribution in [-0.4, -0.2) is 40.1 Å². The van der Waals surface area contributed by atoms with Gasteiger partial charge in [-0.1, -0.05) is 23.4 Å². The van der Waals surface area contributed by atoms with Gasteiger partial charge < -0.3 is 14.9 Å². The Labute approximate surface area is 153 Å². The number of nitrogens with one attached hydrogen (secondary N) is 1. The minimum absolute atomic E-state index is 0.0755. The molecule has 3 rings (SSSR count). The van der Waals surface area contributed by atoms with E-state index < -0.39 is 17.5 Å². The number of nitrogens with zero attached hydrogens (tertiary/aromatic N) is 1. The largest absolute Gasteiger partial charge is 0.396 e. The molecule has 1 heterocycles. The highest BCUT2D eigenvalue weighted by Gasteiger charge is 2.36. The van der Waals surface area contributed by atoms with Crippen molar-refractivity contribution in [2.45, 2.75) is 12.8 Å². The quantitative estimate of drug-likeness (QED) is 0.719. The number of carbonyl (C=O) groups is 3. The van der Waals surface area contributed by atoms with Crippen LogP contribution < -0.4 is 5.32 Å². The van der Waals surface area contributed by atoms with Crippen molar-refractivity contribution in [3.63, 3.8) is 0 Å². The van der Waals surface area contributed by atoms with Gasteiger partial charge >= 0.3 is 0 Å². The standard InChI is InChI=1S/C18H16N2O5S/c21-8-4-5-9-26-13-10-12(22)17-14(16(13)23)15(20-25-17)18(24)19-11-6-2-1-3-7-11/h1-3,6-7,10,21H,4-5,8-9H2,(H,19,24). The zero-order valence-electron chi connectivity index (χ0n) is 13.7. The summed E-state index contributed by atoms with van der Waals surface area (Å²) >= 11 is 1.22. The van der Waals surface area contributed by atoms with Gasteiger partial charge in [-0.05, 0) is 30.7 Å². The number of para-hydroxylation sites is 1. The monoisotopic (exact) mass is 372 g/mol. The number of amides is 1. The van der Waals surface area contributed by atoms with E-state index in [9.17, 15) is 14.4 Å². The molecule has 0 radical (unpaired) electrons. The lowest BCUT2D eigenvalue weighted by Gasteiger charge is -2.11. The average molecular weight is 372 g/mol. The van der Waals surface area contributed by atoms with Crippen LogP contribution in [0.5, 0.6) is 0 Å². The molecule has 1 aromatic heterocycles. The van der Waals surface area contributed by atoms with Crippen LogP contribution in [0.25, 0.3) is 0 Å². The summed E-state index contributed by atoms with van der Waals surface area (Å²) in [7, 11) is 0. The van der Waals surface area contributed by atoms with Crippen molar-refractivity contribution in [1.82, 2.24) is 5.16 Å². The van der Waals surface area contributed by atoms with Gasteiger partial charge in [0.15, 0.2) is 5.69 Å². The van der Waals surface area contributed by atoms with Crippen molar-refractivity contribution in [1.29, 1.82) is 0 Å². The van der Waals surface area contributed by atoms with Crippen LogP contribution in [0.15, 0.2) is 45.8 Å². The number of unbranched alkanes of at least 4 members (excludes halogenated alkanes) is 1. The number of aliphatic hydroxyl groups is 1. The Hall–Kier alpha value is -2.71. The normalized spacial score (nSPS) is 13.3. The van der Waals surface area contributed by atoms with Crippen LogP contribution in [0.3, 0.4) is 0 Å². The van der Waals surface area contributed by atoms with Crippen molar-refractivity contribution in [2.75, 3.05) is 17.7 Å². The third-order valence-corrected chi connectivity index (χ3v) is 4.79. The highest BCUT2D eigenvalue weighted by Crippen LogP contribution is 2.31. The molecular weight excluding hydrogens is 356 g/mol. The third-order valence-electron chi connectivity index (χ3n) is 3.69. The second-order valence-corrected chi connectivity index (χ2v) is 6.67. The average Bonchev–Trinajstić information content (AvgIpc) is 3.09. The van der Waals surface area contributed by atoms with Crippen LogP contribution in [-0.2, 0) is 0 Å². The Morgan fingerprint density at radius 1 is 1.19 bits per heavy atom. The van der Waals surface area contributed by atoms with E-state index in [1.807, 2.05) is 0 Å². The lowest BCUT2D eigenvalue weighted by atomic mass is 9.99. The smallest absolute Gasteiger partial charge is 0.278 e. The number of anilines is 1. The number of rotatable bonds is 7. The summed E-state index contributed by atoms with van der Waals surface area (Å²) in [4.78, 5) is 37.6. The molecule has 0 aliphatic heterocycles. The van der Waals surface area contributed by atoms with Crippen LogP contribution in [0.4, 0.5) is 5.69 Å². The minimum Gasteiger partial charge on any atom is -0.396 e. The number of ketones is 2. The molecule has 0 saturated heterocycles. The fraction of sp³-hybridized carbons (Fsp3) is 0.222. The molecule has 2 N–H and O–H groups in total. The van der Waals surface area contributed by atoms with Gasteiger partial charge in [-0.3, -0.25) is 14.4 Å². The summed E-state index contributed by atoms with van der Waals surface area (Å²) in [6, 6.07) is 8.71. The third kappa shape index (κ3) is 3.76. The van der Waals surface area contributed by atoms with Gasteiger partial charge in [0, 0.05) is 18.4 Å². The summed E-state index contributed by atoms with van der Waals surface area (Å²) in [5, 5.41) is 15.1. The van der Waals surface area contributed by atoms with Crippen molar-refractivity contribution < 1.29 is 24.0 Å². The number of Topliss-reactive ketones (excluding diaryl/α,β-unsaturated/α-hetero) is 1. The summed E-state index contributed by atoms with van der Waals surface area (Å²) in [5.74, 6) is -1.19. The van der Waals surface area contributed by atoms with Gasteiger partial charge in [-0.15, -0.1) is 11.8 Å². The van der Waals surface area contributed by atoms with E-state index in [1.54, 1.807) is 30.3 Å². The second kappa shape index (κ2) is 8.11. The molecule has 0 bridgehead atoms. The van der Waals surface area contributed by atoms with E-state index in [0.29, 0.717) is 24.3 Å². The SMILES string of the molecule is O=C(Nc1ccccc1)c1noc2c1C(=O)C(SCCCCO)=CC2=O. The second-order valence-electron chi connectivity index (χ2n) is 5.54. The molecule has 1 aliphatic rings. The summed E-state index contributed by atoms with van der Waals surface area (Å²) in [6.07, 6.45) is 2.53. The fourth-order valence-electron chi connectivity index (χ4n) is 2.41. The van der Waals surface area contributed by atoms with E-state index in [0.717, 1.165) is 0 Å². The number of hydrogen-bond acceptors (Lipinski definition) is 7. The molecule has 134 valence electrons. The molecular formula is C18H16N2O5S. The summed E-state index contributed by atoms with van der Waals surface area (Å²) < 4.78 is 4.95.